The molecule has 0 aliphatic rings. The van der Waals surface area contributed by atoms with Gasteiger partial charge in [0, 0.05) is 26.2 Å². The molecule has 13 heavy (non-hydrogen) atoms. The maximum atomic E-state index is 4.25. The molecule has 0 N–H and O–H groups in total. The molecule has 0 radical (unpaired) electrons. The SMILES string of the molecule is Cl.Cl.[CH-]=C.[CH-]=C.[CH-]=C.[CH-]=C.[CH-]=C.[Zr]. The van der Waals surface area contributed by atoms with Crippen molar-refractivity contribution in [1.29, 1.82) is 0 Å². The normalized spacial score (nSPS) is 1.54. The summed E-state index contributed by atoms with van der Waals surface area (Å²) >= 11 is 0. The van der Waals surface area contributed by atoms with Gasteiger partial charge in [-0.15, -0.1) is 24.8 Å². The van der Waals surface area contributed by atoms with E-state index in [9.17, 15) is 0 Å². The van der Waals surface area contributed by atoms with E-state index < -0.39 is 0 Å². The van der Waals surface area contributed by atoms with E-state index in [1.54, 1.807) is 0 Å². The molecule has 0 amide bonds. The van der Waals surface area contributed by atoms with E-state index in [1.165, 1.54) is 0 Å². The Morgan fingerprint density at radius 1 is 0.385 bits per heavy atom. The van der Waals surface area contributed by atoms with Crippen molar-refractivity contribution in [1.82, 2.24) is 0 Å². The van der Waals surface area contributed by atoms with Crippen LogP contribution in [0.25, 0.3) is 0 Å². The third kappa shape index (κ3) is 47200. The van der Waals surface area contributed by atoms with Crippen molar-refractivity contribution in [3.8, 4) is 0 Å². The zero-order valence-electron chi connectivity index (χ0n) is 7.74. The Kier molecular flexibility index (Phi) is 320000. The van der Waals surface area contributed by atoms with Crippen LogP contribution in [0.1, 0.15) is 0 Å². The van der Waals surface area contributed by atoms with E-state index >= 15 is 0 Å². The van der Waals surface area contributed by atoms with Gasteiger partial charge in [-0.05, 0) is 0 Å². The van der Waals surface area contributed by atoms with Gasteiger partial charge in [0.2, 0.25) is 0 Å². The quantitative estimate of drug-likeness (QED) is 0.596. The Labute approximate surface area is 116 Å². The van der Waals surface area contributed by atoms with Crippen LogP contribution in [-0.4, -0.2) is 0 Å². The molecule has 0 saturated heterocycles. The summed E-state index contributed by atoms with van der Waals surface area (Å²) in [6.45, 7) is 35.0. The zero-order valence-corrected chi connectivity index (χ0v) is 11.8. The molecule has 0 rings (SSSR count). The van der Waals surface area contributed by atoms with Gasteiger partial charge in [-0.25, -0.2) is 0 Å². The molecule has 80 valence electrons. The largest absolute Gasteiger partial charge is 0.521 e. The molecule has 0 spiro atoms. The first-order chi connectivity index (χ1) is 5.00. The predicted molar refractivity (Wildman–Crippen MR) is 64.1 cm³/mol. The second-order valence-electron chi connectivity index (χ2n) is 0. The number of hydrogen-bond acceptors (Lipinski definition) is 0. The van der Waals surface area contributed by atoms with Crippen LogP contribution in [0, 0.1) is 32.9 Å². The first-order valence-corrected chi connectivity index (χ1v) is 2.04. The zero-order chi connectivity index (χ0) is 10.0. The Morgan fingerprint density at radius 3 is 0.385 bits per heavy atom. The van der Waals surface area contributed by atoms with Gasteiger partial charge < -0.3 is 32.9 Å². The van der Waals surface area contributed by atoms with Gasteiger partial charge in [0.1, 0.15) is 0 Å². The molecule has 0 aromatic rings. The van der Waals surface area contributed by atoms with E-state index in [-0.39, 0.29) is 51.0 Å². The molecule has 0 aliphatic carbocycles. The third-order valence-corrected chi connectivity index (χ3v) is 0. The van der Waals surface area contributed by atoms with Crippen LogP contribution >= 0.6 is 24.8 Å². The van der Waals surface area contributed by atoms with Crippen LogP contribution in [0.4, 0.5) is 0 Å². The van der Waals surface area contributed by atoms with Crippen LogP contribution in [0.5, 0.6) is 0 Å². The number of rotatable bonds is 0. The monoisotopic (exact) mass is 297 g/mol. The summed E-state index contributed by atoms with van der Waals surface area (Å²) in [7, 11) is 0. The minimum Gasteiger partial charge on any atom is -0.521 e. The predicted octanol–water partition coefficient (Wildman–Crippen LogP) is 3.87. The van der Waals surface area contributed by atoms with E-state index in [0.717, 1.165) is 0 Å². The molecular formula is C10H17Cl2Zr-5. The maximum absolute atomic E-state index is 4.25. The minimum atomic E-state index is 0. The molecule has 0 nitrogen and oxygen atoms in total. The van der Waals surface area contributed by atoms with Crippen molar-refractivity contribution in [2.45, 2.75) is 0 Å². The van der Waals surface area contributed by atoms with Crippen LogP contribution in [0.15, 0.2) is 32.9 Å². The Bertz CT molecular complexity index is 24.5. The van der Waals surface area contributed by atoms with E-state index in [0.29, 0.717) is 0 Å². The van der Waals surface area contributed by atoms with Crippen LogP contribution in [-0.2, 0) is 26.2 Å². The van der Waals surface area contributed by atoms with Gasteiger partial charge in [0.05, 0.1) is 0 Å². The average Bonchev–Trinajstić information content (AvgIpc) is 2.20. The van der Waals surface area contributed by atoms with Crippen LogP contribution < -0.4 is 0 Å². The van der Waals surface area contributed by atoms with Crippen molar-refractivity contribution < 1.29 is 26.2 Å². The van der Waals surface area contributed by atoms with Crippen molar-refractivity contribution in [3.05, 3.63) is 65.8 Å². The Morgan fingerprint density at radius 2 is 0.385 bits per heavy atom. The minimum absolute atomic E-state index is 0. The molecule has 0 aromatic carbocycles. The summed E-state index contributed by atoms with van der Waals surface area (Å²) in [5.74, 6) is 0. The van der Waals surface area contributed by atoms with Crippen molar-refractivity contribution in [2.24, 2.45) is 0 Å². The fourth-order valence-corrected chi connectivity index (χ4v) is 0. The second-order valence-corrected chi connectivity index (χ2v) is 0. The van der Waals surface area contributed by atoms with E-state index in [2.05, 4.69) is 65.8 Å². The van der Waals surface area contributed by atoms with Crippen LogP contribution in [0.2, 0.25) is 0 Å². The maximum Gasteiger partial charge on any atom is 0 e. The van der Waals surface area contributed by atoms with Gasteiger partial charge in [0.15, 0.2) is 0 Å². The second kappa shape index (κ2) is 57000. The average molecular weight is 299 g/mol. The summed E-state index contributed by atoms with van der Waals surface area (Å²) < 4.78 is 0. The van der Waals surface area contributed by atoms with Gasteiger partial charge in [-0.2, -0.15) is 0 Å². The topological polar surface area (TPSA) is 0 Å². The van der Waals surface area contributed by atoms with Crippen molar-refractivity contribution in [3.63, 3.8) is 0 Å². The summed E-state index contributed by atoms with van der Waals surface area (Å²) in [5, 5.41) is 0. The molecule has 3 heteroatoms. The fourth-order valence-electron chi connectivity index (χ4n) is 0. The van der Waals surface area contributed by atoms with Gasteiger partial charge in [-0.3, -0.25) is 32.9 Å². The molecule has 0 fully saturated rings. The van der Waals surface area contributed by atoms with Crippen LogP contribution in [0.3, 0.4) is 0 Å². The molecule has 0 heterocycles. The van der Waals surface area contributed by atoms with E-state index in [4.69, 9.17) is 0 Å². The third-order valence-electron chi connectivity index (χ3n) is 0. The van der Waals surface area contributed by atoms with Gasteiger partial charge >= 0.3 is 0 Å². The molecular weight excluding hydrogens is 282 g/mol. The summed E-state index contributed by atoms with van der Waals surface area (Å²) in [5.41, 5.74) is 0. The Hall–Kier alpha value is 0.163. The fraction of sp³-hybridized carbons (Fsp3) is 0. The first kappa shape index (κ1) is 73.1. The summed E-state index contributed by atoms with van der Waals surface area (Å²) in [6, 6.07) is 0. The smallest absolute Gasteiger partial charge is 0 e. The van der Waals surface area contributed by atoms with Gasteiger partial charge in [-0.1, -0.05) is 0 Å². The number of halogens is 2. The molecule has 0 aromatic heterocycles. The summed E-state index contributed by atoms with van der Waals surface area (Å²) in [4.78, 5) is 0. The standard InChI is InChI=1S/5C2H3.2ClH.Zr/c5*1-2;;;/h5*1H,2H2;2*1H;/q5*-1;;;. The van der Waals surface area contributed by atoms with Gasteiger partial charge in [0.25, 0.3) is 0 Å². The molecule has 0 unspecified atom stereocenters. The first-order valence-electron chi connectivity index (χ1n) is 2.04. The molecule has 0 atom stereocenters. The molecule has 0 aliphatic heterocycles. The Balaban J connectivity index is -0.00000000379. The van der Waals surface area contributed by atoms with E-state index in [1.807, 2.05) is 0 Å². The number of hydrogen-bond donors (Lipinski definition) is 0. The molecule has 0 bridgehead atoms. The van der Waals surface area contributed by atoms with Crippen molar-refractivity contribution >= 4 is 24.8 Å². The molecule has 0 saturated carbocycles. The van der Waals surface area contributed by atoms with Crippen molar-refractivity contribution in [2.75, 3.05) is 0 Å². The summed E-state index contributed by atoms with van der Waals surface area (Å²) in [6.07, 6.45) is 0.